The summed E-state index contributed by atoms with van der Waals surface area (Å²) in [6.45, 7) is 0.136. The molecule has 1 N–H and O–H groups in total. The van der Waals surface area contributed by atoms with Gasteiger partial charge in [0.05, 0.1) is 30.8 Å². The molecule has 1 amide bonds. The Labute approximate surface area is 143 Å². The number of ether oxygens (including phenoxy) is 1. The first-order chi connectivity index (χ1) is 11.9. The van der Waals surface area contributed by atoms with Gasteiger partial charge in [-0.25, -0.2) is 8.42 Å². The number of rotatable bonds is 6. The molecule has 0 saturated carbocycles. The van der Waals surface area contributed by atoms with Crippen LogP contribution in [0.1, 0.15) is 15.9 Å². The van der Waals surface area contributed by atoms with Gasteiger partial charge in [-0.1, -0.05) is 10.2 Å². The SMILES string of the molecule is [N-]=[N+]=NCc1cc(N=[N+]=[N-])cc(C(=O)NCC2CS(=O)(=O)CCO2)c1. The molecule has 1 fully saturated rings. The molecular formula is C13H15N7O4S. The molecule has 1 atom stereocenters. The number of azide groups is 2. The topological polar surface area (TPSA) is 170 Å². The summed E-state index contributed by atoms with van der Waals surface area (Å²) in [7, 11) is -3.15. The van der Waals surface area contributed by atoms with Crippen LogP contribution in [0.2, 0.25) is 0 Å². The fraction of sp³-hybridized carbons (Fsp3) is 0.462. The number of hydrogen-bond donors (Lipinski definition) is 1. The number of nitrogens with one attached hydrogen (secondary N) is 1. The number of benzene rings is 1. The van der Waals surface area contributed by atoms with E-state index in [1.165, 1.54) is 18.2 Å². The van der Waals surface area contributed by atoms with Gasteiger partial charge in [-0.2, -0.15) is 0 Å². The summed E-state index contributed by atoms with van der Waals surface area (Å²) >= 11 is 0. The molecule has 1 aromatic rings. The van der Waals surface area contributed by atoms with E-state index < -0.39 is 21.8 Å². The predicted molar refractivity (Wildman–Crippen MR) is 88.8 cm³/mol. The second-order valence-electron chi connectivity index (χ2n) is 5.28. The lowest BCUT2D eigenvalue weighted by Gasteiger charge is -2.23. The summed E-state index contributed by atoms with van der Waals surface area (Å²) in [5.74, 6) is -0.647. The molecular weight excluding hydrogens is 350 g/mol. The highest BCUT2D eigenvalue weighted by molar-refractivity contribution is 7.91. The molecule has 1 heterocycles. The van der Waals surface area contributed by atoms with Crippen molar-refractivity contribution in [3.05, 3.63) is 50.2 Å². The standard InChI is InChI=1S/C13H15N7O4S/c14-19-17-6-9-3-10(5-11(4-9)18-20-15)13(21)16-7-12-8-25(22,23)2-1-24-12/h3-5,12H,1-2,6-8H2,(H,16,21). The molecule has 2 rings (SSSR count). The number of hydrogen-bond acceptors (Lipinski definition) is 6. The van der Waals surface area contributed by atoms with E-state index in [9.17, 15) is 13.2 Å². The maximum absolute atomic E-state index is 12.3. The van der Waals surface area contributed by atoms with Gasteiger partial charge in [0.1, 0.15) is 0 Å². The highest BCUT2D eigenvalue weighted by atomic mass is 32.2. The van der Waals surface area contributed by atoms with Gasteiger partial charge >= 0.3 is 0 Å². The van der Waals surface area contributed by atoms with Crippen LogP contribution in [0.4, 0.5) is 5.69 Å². The van der Waals surface area contributed by atoms with Crippen LogP contribution in [0.3, 0.4) is 0 Å². The van der Waals surface area contributed by atoms with Gasteiger partial charge < -0.3 is 10.1 Å². The third-order valence-corrected chi connectivity index (χ3v) is 5.06. The van der Waals surface area contributed by atoms with Crippen LogP contribution in [0.5, 0.6) is 0 Å². The second-order valence-corrected chi connectivity index (χ2v) is 7.51. The lowest BCUT2D eigenvalue weighted by molar-refractivity contribution is 0.0662. The molecule has 25 heavy (non-hydrogen) atoms. The Hall–Kier alpha value is -2.78. The Morgan fingerprint density at radius 2 is 2.12 bits per heavy atom. The normalized spacial score (nSPS) is 18.5. The fourth-order valence-electron chi connectivity index (χ4n) is 2.30. The van der Waals surface area contributed by atoms with E-state index in [2.05, 4.69) is 25.4 Å². The monoisotopic (exact) mass is 365 g/mol. The lowest BCUT2D eigenvalue weighted by atomic mass is 10.1. The number of sulfone groups is 1. The van der Waals surface area contributed by atoms with Crippen molar-refractivity contribution < 1.29 is 17.9 Å². The van der Waals surface area contributed by atoms with Crippen molar-refractivity contribution >= 4 is 21.4 Å². The first kappa shape index (κ1) is 18.6. The largest absolute Gasteiger partial charge is 0.374 e. The smallest absolute Gasteiger partial charge is 0.251 e. The Kier molecular flexibility index (Phi) is 6.20. The zero-order chi connectivity index (χ0) is 18.3. The third-order valence-electron chi connectivity index (χ3n) is 3.39. The summed E-state index contributed by atoms with van der Waals surface area (Å²) in [5, 5.41) is 9.45. The quantitative estimate of drug-likeness (QED) is 0.462. The van der Waals surface area contributed by atoms with E-state index in [-0.39, 0.29) is 42.5 Å². The Morgan fingerprint density at radius 1 is 1.32 bits per heavy atom. The van der Waals surface area contributed by atoms with Crippen molar-refractivity contribution in [2.75, 3.05) is 24.7 Å². The average molecular weight is 365 g/mol. The van der Waals surface area contributed by atoms with Gasteiger partial charge in [0.25, 0.3) is 5.91 Å². The Morgan fingerprint density at radius 3 is 2.80 bits per heavy atom. The van der Waals surface area contributed by atoms with Crippen LogP contribution < -0.4 is 5.32 Å². The number of carbonyl (C=O) groups excluding carboxylic acids is 1. The highest BCUT2D eigenvalue weighted by Crippen LogP contribution is 2.19. The minimum Gasteiger partial charge on any atom is -0.374 e. The molecule has 1 aliphatic heterocycles. The van der Waals surface area contributed by atoms with E-state index in [0.717, 1.165) is 0 Å². The summed E-state index contributed by atoms with van der Waals surface area (Å²) in [6, 6.07) is 4.38. The van der Waals surface area contributed by atoms with Crippen molar-refractivity contribution in [1.82, 2.24) is 5.32 Å². The molecule has 12 heteroatoms. The third kappa shape index (κ3) is 5.66. The molecule has 11 nitrogen and oxygen atoms in total. The Balaban J connectivity index is 2.10. The van der Waals surface area contributed by atoms with E-state index in [0.29, 0.717) is 5.56 Å². The van der Waals surface area contributed by atoms with Crippen LogP contribution in [0.25, 0.3) is 20.9 Å². The maximum Gasteiger partial charge on any atom is 0.251 e. The molecule has 0 aliphatic carbocycles. The minimum absolute atomic E-state index is 0.00442. The van der Waals surface area contributed by atoms with Gasteiger partial charge in [0.15, 0.2) is 9.84 Å². The fourth-order valence-corrected chi connectivity index (χ4v) is 3.60. The van der Waals surface area contributed by atoms with E-state index in [1.54, 1.807) is 0 Å². The molecule has 132 valence electrons. The molecule has 1 aromatic carbocycles. The van der Waals surface area contributed by atoms with Gasteiger partial charge in [0.2, 0.25) is 0 Å². The van der Waals surface area contributed by atoms with Gasteiger partial charge in [-0.3, -0.25) is 4.79 Å². The van der Waals surface area contributed by atoms with Crippen LogP contribution in [-0.4, -0.2) is 45.1 Å². The van der Waals surface area contributed by atoms with Gasteiger partial charge in [-0.05, 0) is 34.8 Å². The maximum atomic E-state index is 12.3. The van der Waals surface area contributed by atoms with Crippen LogP contribution in [0, 0.1) is 0 Å². The van der Waals surface area contributed by atoms with E-state index >= 15 is 0 Å². The van der Waals surface area contributed by atoms with Crippen LogP contribution in [-0.2, 0) is 21.1 Å². The number of amides is 1. The lowest BCUT2D eigenvalue weighted by Crippen LogP contribution is -2.42. The molecule has 0 radical (unpaired) electrons. The molecule has 1 aliphatic rings. The van der Waals surface area contributed by atoms with Crippen LogP contribution >= 0.6 is 0 Å². The van der Waals surface area contributed by atoms with Gasteiger partial charge in [-0.15, -0.1) is 0 Å². The average Bonchev–Trinajstić information content (AvgIpc) is 2.57. The van der Waals surface area contributed by atoms with Crippen molar-refractivity contribution in [3.8, 4) is 0 Å². The Bertz CT molecular complexity index is 857. The first-order valence-electron chi connectivity index (χ1n) is 7.23. The van der Waals surface area contributed by atoms with Crippen molar-refractivity contribution in [3.63, 3.8) is 0 Å². The zero-order valence-electron chi connectivity index (χ0n) is 13.1. The highest BCUT2D eigenvalue weighted by Gasteiger charge is 2.25. The van der Waals surface area contributed by atoms with Crippen LogP contribution in [0.15, 0.2) is 28.4 Å². The molecule has 1 saturated heterocycles. The van der Waals surface area contributed by atoms with Gasteiger partial charge in [0, 0.05) is 27.6 Å². The number of nitrogens with zero attached hydrogens (tertiary/aromatic N) is 6. The second kappa shape index (κ2) is 8.36. The summed E-state index contributed by atoms with van der Waals surface area (Å²) in [4.78, 5) is 17.6. The molecule has 1 unspecified atom stereocenters. The van der Waals surface area contributed by atoms with E-state index in [1.807, 2.05) is 0 Å². The molecule has 0 bridgehead atoms. The molecule has 0 spiro atoms. The number of carbonyl (C=O) groups is 1. The van der Waals surface area contributed by atoms with E-state index in [4.69, 9.17) is 15.8 Å². The predicted octanol–water partition coefficient (Wildman–Crippen LogP) is 1.98. The summed E-state index contributed by atoms with van der Waals surface area (Å²) in [6.07, 6.45) is -0.606. The van der Waals surface area contributed by atoms with Crippen molar-refractivity contribution in [1.29, 1.82) is 0 Å². The minimum atomic E-state index is -3.15. The zero-order valence-corrected chi connectivity index (χ0v) is 13.9. The summed E-state index contributed by atoms with van der Waals surface area (Å²) in [5.41, 5.74) is 17.8. The first-order valence-corrected chi connectivity index (χ1v) is 9.06. The van der Waals surface area contributed by atoms with Crippen molar-refractivity contribution in [2.24, 2.45) is 10.2 Å². The summed E-state index contributed by atoms with van der Waals surface area (Å²) < 4.78 is 28.4. The van der Waals surface area contributed by atoms with Crippen molar-refractivity contribution in [2.45, 2.75) is 12.6 Å². The molecule has 0 aromatic heterocycles.